The van der Waals surface area contributed by atoms with Crippen molar-refractivity contribution in [1.29, 1.82) is 0 Å². The van der Waals surface area contributed by atoms with Gasteiger partial charge in [-0.15, -0.1) is 0 Å². The minimum atomic E-state index is -1.24. The molecule has 2 aromatic rings. The van der Waals surface area contributed by atoms with Crippen LogP contribution in [0.1, 0.15) is 87.5 Å². The largest absolute Gasteiger partial charge is 0.465 e. The van der Waals surface area contributed by atoms with Gasteiger partial charge in [-0.3, -0.25) is 14.2 Å². The van der Waals surface area contributed by atoms with E-state index in [2.05, 4.69) is 10.6 Å². The number of esters is 1. The number of hydrogen-bond donors (Lipinski definition) is 3. The molecule has 0 unspecified atom stereocenters. The molecule has 3 amide bonds. The highest BCUT2D eigenvalue weighted by Crippen LogP contribution is 2.48. The van der Waals surface area contributed by atoms with E-state index in [0.29, 0.717) is 49.5 Å². The maximum atomic E-state index is 14.2. The second kappa shape index (κ2) is 12.7. The Hall–Kier alpha value is -3.67. The van der Waals surface area contributed by atoms with E-state index < -0.39 is 30.6 Å². The van der Waals surface area contributed by atoms with Gasteiger partial charge in [0.25, 0.3) is 0 Å². The number of likely N-dealkylation sites (tertiary alicyclic amines) is 1. The van der Waals surface area contributed by atoms with Crippen molar-refractivity contribution in [3.63, 3.8) is 0 Å². The third-order valence-corrected chi connectivity index (χ3v) is 11.9. The fourth-order valence-electron chi connectivity index (χ4n) is 9.26. The molecule has 1 aromatic heterocycles. The Labute approximate surface area is 273 Å². The first-order valence-corrected chi connectivity index (χ1v) is 17.3. The number of methoxy groups -OCH3 is 1. The fraction of sp³-hybridized carbons (Fsp3) is 0.657. The van der Waals surface area contributed by atoms with Crippen LogP contribution in [0.5, 0.6) is 0 Å². The first-order chi connectivity index (χ1) is 22.7. The summed E-state index contributed by atoms with van der Waals surface area (Å²) in [6, 6.07) is 6.13. The van der Waals surface area contributed by atoms with Gasteiger partial charge in [-0.25, -0.2) is 14.0 Å². The average Bonchev–Trinajstić information content (AvgIpc) is 3.75. The molecule has 11 nitrogen and oxygen atoms in total. The molecule has 3 N–H and O–H groups in total. The number of halogens is 1. The molecule has 2 aliphatic heterocycles. The normalized spacial score (nSPS) is 30.4. The van der Waals surface area contributed by atoms with E-state index in [4.69, 9.17) is 14.6 Å². The van der Waals surface area contributed by atoms with Gasteiger partial charge >= 0.3 is 12.1 Å². The Morgan fingerprint density at radius 2 is 1.81 bits per heavy atom. The lowest BCUT2D eigenvalue weighted by Gasteiger charge is -2.38. The van der Waals surface area contributed by atoms with E-state index in [-0.39, 0.29) is 41.6 Å². The topological polar surface area (TPSA) is 139 Å². The number of benzene rings is 1. The lowest BCUT2D eigenvalue weighted by atomic mass is 9.75. The van der Waals surface area contributed by atoms with E-state index in [1.165, 1.54) is 0 Å². The zero-order chi connectivity index (χ0) is 32.9. The van der Waals surface area contributed by atoms with Crippen LogP contribution in [0.4, 0.5) is 14.9 Å². The third-order valence-electron chi connectivity index (χ3n) is 11.9. The highest BCUT2D eigenvalue weighted by Gasteiger charge is 2.51. The Morgan fingerprint density at radius 3 is 2.45 bits per heavy atom. The Balaban J connectivity index is 1.09. The van der Waals surface area contributed by atoms with Crippen LogP contribution >= 0.6 is 0 Å². The lowest BCUT2D eigenvalue weighted by Crippen LogP contribution is -2.50. The zero-order valence-corrected chi connectivity index (χ0v) is 26.9. The van der Waals surface area contributed by atoms with Gasteiger partial charge < -0.3 is 30.1 Å². The third kappa shape index (κ3) is 5.76. The molecular weight excluding hydrogens is 607 g/mol. The van der Waals surface area contributed by atoms with Gasteiger partial charge in [0.15, 0.2) is 5.72 Å². The number of hydrogen-bond acceptors (Lipinski definition) is 6. The second-order valence-corrected chi connectivity index (χ2v) is 14.3. The number of aromatic nitrogens is 1. The van der Waals surface area contributed by atoms with Crippen LogP contribution in [-0.4, -0.2) is 77.0 Å². The fourth-order valence-corrected chi connectivity index (χ4v) is 9.26. The van der Waals surface area contributed by atoms with E-state index in [9.17, 15) is 23.6 Å². The molecule has 3 heterocycles. The highest BCUT2D eigenvalue weighted by molar-refractivity contribution is 6.02. The van der Waals surface area contributed by atoms with Crippen molar-refractivity contribution in [2.45, 2.75) is 101 Å². The molecule has 1 saturated heterocycles. The number of carbonyl (C=O) groups is 4. The van der Waals surface area contributed by atoms with E-state index in [1.54, 1.807) is 12.0 Å². The number of rotatable bonds is 8. The molecule has 3 aliphatic carbocycles. The summed E-state index contributed by atoms with van der Waals surface area (Å²) in [5, 5.41) is 15.4. The average molecular weight is 653 g/mol. The van der Waals surface area contributed by atoms with Gasteiger partial charge in [0.1, 0.15) is 18.4 Å². The van der Waals surface area contributed by atoms with Crippen molar-refractivity contribution in [3.05, 3.63) is 30.0 Å². The highest BCUT2D eigenvalue weighted by atomic mass is 19.1. The number of fused-ring (bicyclic) bond motifs is 4. The summed E-state index contributed by atoms with van der Waals surface area (Å²) in [7, 11) is 1.74. The summed E-state index contributed by atoms with van der Waals surface area (Å²) in [5.74, 6) is -0.666. The van der Waals surface area contributed by atoms with E-state index in [0.717, 1.165) is 62.3 Å². The molecule has 3 atom stereocenters. The summed E-state index contributed by atoms with van der Waals surface area (Å²) in [6.07, 6.45) is 8.28. The number of alkyl halides is 1. The summed E-state index contributed by atoms with van der Waals surface area (Å²) in [5.41, 5.74) is 1.47. The number of nitrogens with zero attached hydrogens (tertiary/aromatic N) is 2. The molecule has 1 aromatic carbocycles. The minimum Gasteiger partial charge on any atom is -0.465 e. The van der Waals surface area contributed by atoms with Gasteiger partial charge in [0.2, 0.25) is 11.8 Å². The van der Waals surface area contributed by atoms with Crippen LogP contribution in [0.2, 0.25) is 0 Å². The van der Waals surface area contributed by atoms with Crippen LogP contribution in [0.15, 0.2) is 24.3 Å². The predicted octanol–water partition coefficient (Wildman–Crippen LogP) is 5.42. The molecule has 3 saturated carbocycles. The maximum Gasteiger partial charge on any atom is 0.404 e. The Morgan fingerprint density at radius 1 is 1.06 bits per heavy atom. The molecular formula is C35H45FN4O7. The van der Waals surface area contributed by atoms with Crippen LogP contribution in [-0.2, 0) is 24.8 Å². The minimum absolute atomic E-state index is 0.0269. The van der Waals surface area contributed by atoms with Gasteiger partial charge in [-0.05, 0) is 106 Å². The molecule has 5 aliphatic rings. The standard InChI is InChI=1S/C35H45FN4O7/c1-46-25-10-7-20(8-11-25)26-13-16-39(32(42)22-5-3-21(4-6-22)27(19-36)38-34(44)45)30(26)31(41)37-24-9-12-28-23(17-24)18-29-33(43)47-35(40(28)29)14-2-15-35/h9,12,17-18,20-22,25-27,30,38H,2-8,10-11,13-16,19H2,1H3,(H,37,41)(H,44,45)/t20?,21?,22?,25?,26-,27+,30-/m0/s1. The number of amides is 3. The van der Waals surface area contributed by atoms with Gasteiger partial charge in [-0.1, -0.05) is 0 Å². The summed E-state index contributed by atoms with van der Waals surface area (Å²) >= 11 is 0. The second-order valence-electron chi connectivity index (χ2n) is 14.3. The maximum absolute atomic E-state index is 14.2. The van der Waals surface area contributed by atoms with Gasteiger partial charge in [0, 0.05) is 43.5 Å². The van der Waals surface area contributed by atoms with Crippen molar-refractivity contribution in [3.8, 4) is 0 Å². The van der Waals surface area contributed by atoms with Crippen LogP contribution in [0.25, 0.3) is 10.9 Å². The quantitative estimate of drug-likeness (QED) is 0.324. The van der Waals surface area contributed by atoms with E-state index >= 15 is 0 Å². The van der Waals surface area contributed by atoms with Crippen molar-refractivity contribution in [2.75, 3.05) is 25.6 Å². The van der Waals surface area contributed by atoms with Crippen LogP contribution < -0.4 is 10.6 Å². The van der Waals surface area contributed by atoms with Crippen molar-refractivity contribution >= 4 is 40.5 Å². The Kier molecular flexibility index (Phi) is 8.65. The Bertz CT molecular complexity index is 1540. The molecule has 4 fully saturated rings. The lowest BCUT2D eigenvalue weighted by molar-refractivity contribution is -0.142. The SMILES string of the molecule is COC1CCC([C@@H]2CCN(C(=O)C3CCC([C@@H](CF)NC(=O)O)CC3)[C@@H]2C(=O)Nc2ccc3c(c2)cc2n3C3(CCC3)OC2=O)CC1. The molecule has 0 radical (unpaired) electrons. The molecule has 1 spiro atoms. The van der Waals surface area contributed by atoms with E-state index in [1.807, 2.05) is 28.8 Å². The van der Waals surface area contributed by atoms with Crippen molar-refractivity contribution in [2.24, 2.45) is 23.7 Å². The molecule has 7 rings (SSSR count). The van der Waals surface area contributed by atoms with Crippen molar-refractivity contribution < 1.29 is 38.1 Å². The molecule has 254 valence electrons. The molecule has 12 heteroatoms. The summed E-state index contributed by atoms with van der Waals surface area (Å²) in [6.45, 7) is -0.269. The number of carbonyl (C=O) groups excluding carboxylic acids is 3. The summed E-state index contributed by atoms with van der Waals surface area (Å²) < 4.78 is 27.0. The zero-order valence-electron chi connectivity index (χ0n) is 26.9. The number of anilines is 1. The number of nitrogens with one attached hydrogen (secondary N) is 2. The number of carboxylic acid groups (broad SMARTS) is 1. The molecule has 0 bridgehead atoms. The van der Waals surface area contributed by atoms with Crippen LogP contribution in [0.3, 0.4) is 0 Å². The number of ether oxygens (including phenoxy) is 2. The first kappa shape index (κ1) is 31.9. The summed E-state index contributed by atoms with van der Waals surface area (Å²) in [4.78, 5) is 53.9. The van der Waals surface area contributed by atoms with Gasteiger partial charge in [0.05, 0.1) is 17.7 Å². The van der Waals surface area contributed by atoms with Crippen molar-refractivity contribution in [1.82, 2.24) is 14.8 Å². The molecule has 47 heavy (non-hydrogen) atoms. The van der Waals surface area contributed by atoms with Gasteiger partial charge in [-0.2, -0.15) is 0 Å². The predicted molar refractivity (Wildman–Crippen MR) is 171 cm³/mol. The first-order valence-electron chi connectivity index (χ1n) is 17.3. The van der Waals surface area contributed by atoms with Crippen LogP contribution in [0, 0.1) is 23.7 Å². The smallest absolute Gasteiger partial charge is 0.404 e. The monoisotopic (exact) mass is 652 g/mol.